The number of carbonyl (C=O) groups is 2. The molecule has 0 saturated heterocycles. The summed E-state index contributed by atoms with van der Waals surface area (Å²) in [5.74, 6) is -0.449. The van der Waals surface area contributed by atoms with Crippen molar-refractivity contribution in [2.75, 3.05) is 5.32 Å². The van der Waals surface area contributed by atoms with Crippen LogP contribution in [0.3, 0.4) is 0 Å². The molecule has 2 aromatic heterocycles. The molecule has 0 saturated carbocycles. The van der Waals surface area contributed by atoms with E-state index in [1.165, 1.54) is 18.3 Å². The van der Waals surface area contributed by atoms with Gasteiger partial charge in [-0.3, -0.25) is 14.4 Å². The molecule has 4 aromatic rings. The number of hydrogen-bond acceptors (Lipinski definition) is 6. The van der Waals surface area contributed by atoms with Crippen LogP contribution in [0.5, 0.6) is 0 Å². The molecule has 0 radical (unpaired) electrons. The van der Waals surface area contributed by atoms with Crippen molar-refractivity contribution < 1.29 is 9.59 Å². The van der Waals surface area contributed by atoms with Gasteiger partial charge in [-0.15, -0.1) is 11.3 Å². The summed E-state index contributed by atoms with van der Waals surface area (Å²) in [5, 5.41) is 8.00. The van der Waals surface area contributed by atoms with E-state index in [1.807, 2.05) is 38.1 Å². The first kappa shape index (κ1) is 20.6. The highest BCUT2D eigenvalue weighted by atomic mass is 32.1. The smallest absolute Gasteiger partial charge is 0.294 e. The number of anilines is 1. The molecule has 4 rings (SSSR count). The predicted octanol–water partition coefficient (Wildman–Crippen LogP) is 3.98. The summed E-state index contributed by atoms with van der Waals surface area (Å²) in [6, 6.07) is 14.4. The number of benzene rings is 2. The van der Waals surface area contributed by atoms with Gasteiger partial charge in [-0.05, 0) is 45.0 Å². The summed E-state index contributed by atoms with van der Waals surface area (Å²) >= 11 is 1.41. The van der Waals surface area contributed by atoms with Gasteiger partial charge in [-0.25, -0.2) is 9.67 Å². The molecule has 1 N–H and O–H groups in total. The number of nitrogens with one attached hydrogen (secondary N) is 1. The van der Waals surface area contributed by atoms with Crippen LogP contribution in [0.1, 0.15) is 27.9 Å². The maximum atomic E-state index is 12.9. The average Bonchev–Trinajstić information content (AvgIpc) is 3.13. The number of aromatic nitrogens is 3. The molecule has 1 amide bonds. The molecule has 2 heterocycles. The normalized spacial score (nSPS) is 10.9. The van der Waals surface area contributed by atoms with E-state index in [4.69, 9.17) is 0 Å². The van der Waals surface area contributed by atoms with Gasteiger partial charge in [-0.1, -0.05) is 29.8 Å². The largest absolute Gasteiger partial charge is 0.324 e. The number of ketones is 1. The zero-order valence-corrected chi connectivity index (χ0v) is 18.1. The highest BCUT2D eigenvalue weighted by Crippen LogP contribution is 2.29. The molecule has 0 spiro atoms. The van der Waals surface area contributed by atoms with E-state index in [1.54, 1.807) is 24.3 Å². The Morgan fingerprint density at radius 3 is 2.35 bits per heavy atom. The molecular weight excluding hydrogens is 412 g/mol. The molecule has 0 fully saturated rings. The molecule has 8 heteroatoms. The van der Waals surface area contributed by atoms with Crippen LogP contribution in [0, 0.1) is 13.8 Å². The molecule has 7 nitrogen and oxygen atoms in total. The lowest BCUT2D eigenvalue weighted by atomic mass is 10.1. The minimum absolute atomic E-state index is 0.0517. The second-order valence-corrected chi connectivity index (χ2v) is 8.47. The lowest BCUT2D eigenvalue weighted by molar-refractivity contribution is -0.117. The third kappa shape index (κ3) is 4.29. The van der Waals surface area contributed by atoms with Crippen LogP contribution < -0.4 is 10.9 Å². The van der Waals surface area contributed by atoms with Crippen LogP contribution in [0.2, 0.25) is 0 Å². The summed E-state index contributed by atoms with van der Waals surface area (Å²) in [6.45, 7) is 5.06. The third-order valence-corrected chi connectivity index (χ3v) is 5.78. The molecular formula is C23H20N4O3S. The molecule has 0 atom stereocenters. The minimum Gasteiger partial charge on any atom is -0.324 e. The van der Waals surface area contributed by atoms with Gasteiger partial charge in [0, 0.05) is 16.8 Å². The number of aryl methyl sites for hydroxylation is 2. The van der Waals surface area contributed by atoms with Gasteiger partial charge in [0.05, 0.1) is 9.71 Å². The molecule has 0 aliphatic heterocycles. The van der Waals surface area contributed by atoms with Crippen LogP contribution in [0.15, 0.2) is 53.3 Å². The van der Waals surface area contributed by atoms with Crippen molar-refractivity contribution in [3.8, 4) is 11.3 Å². The third-order valence-electron chi connectivity index (χ3n) is 4.80. The zero-order valence-electron chi connectivity index (χ0n) is 17.3. The highest BCUT2D eigenvalue weighted by Gasteiger charge is 2.18. The number of nitrogens with zero attached hydrogens (tertiary/aromatic N) is 3. The van der Waals surface area contributed by atoms with Crippen molar-refractivity contribution in [1.29, 1.82) is 0 Å². The summed E-state index contributed by atoms with van der Waals surface area (Å²) in [7, 11) is 0. The number of fused-ring (bicyclic) bond motifs is 1. The Bertz CT molecular complexity index is 1350. The van der Waals surface area contributed by atoms with Crippen molar-refractivity contribution in [3.63, 3.8) is 0 Å². The summed E-state index contributed by atoms with van der Waals surface area (Å²) in [5.41, 5.74) is 3.59. The summed E-state index contributed by atoms with van der Waals surface area (Å²) in [6.07, 6.45) is 0. The molecule has 0 bridgehead atoms. The van der Waals surface area contributed by atoms with Gasteiger partial charge in [0.15, 0.2) is 11.3 Å². The lowest BCUT2D eigenvalue weighted by Gasteiger charge is -2.10. The minimum atomic E-state index is -0.405. The van der Waals surface area contributed by atoms with E-state index in [-0.39, 0.29) is 12.3 Å². The van der Waals surface area contributed by atoms with E-state index in [0.717, 1.165) is 20.8 Å². The van der Waals surface area contributed by atoms with Gasteiger partial charge < -0.3 is 5.32 Å². The molecule has 0 unspecified atom stereocenters. The van der Waals surface area contributed by atoms with Crippen molar-refractivity contribution in [2.45, 2.75) is 27.3 Å². The topological polar surface area (TPSA) is 93.9 Å². The molecule has 0 aliphatic rings. The van der Waals surface area contributed by atoms with E-state index in [0.29, 0.717) is 27.2 Å². The van der Waals surface area contributed by atoms with Crippen LogP contribution in [0.25, 0.3) is 21.5 Å². The lowest BCUT2D eigenvalue weighted by Crippen LogP contribution is -2.30. The monoisotopic (exact) mass is 432 g/mol. The number of thiazole rings is 1. The van der Waals surface area contributed by atoms with Gasteiger partial charge in [-0.2, -0.15) is 5.10 Å². The molecule has 156 valence electrons. The maximum absolute atomic E-state index is 12.9. The van der Waals surface area contributed by atoms with Crippen molar-refractivity contribution in [1.82, 2.24) is 14.8 Å². The Hall–Kier alpha value is -3.65. The van der Waals surface area contributed by atoms with Crippen molar-refractivity contribution >= 4 is 38.9 Å². The van der Waals surface area contributed by atoms with Crippen LogP contribution in [-0.2, 0) is 11.3 Å². The Labute approximate surface area is 182 Å². The van der Waals surface area contributed by atoms with Crippen molar-refractivity contribution in [2.24, 2.45) is 0 Å². The number of Topliss-reactive ketones (excluding diaryl/α,β-unsaturated/α-hetero) is 1. The van der Waals surface area contributed by atoms with Crippen LogP contribution in [0.4, 0.5) is 5.69 Å². The van der Waals surface area contributed by atoms with E-state index in [2.05, 4.69) is 15.4 Å². The predicted molar refractivity (Wildman–Crippen MR) is 122 cm³/mol. The van der Waals surface area contributed by atoms with Crippen LogP contribution in [-0.4, -0.2) is 26.5 Å². The first-order chi connectivity index (χ1) is 14.8. The fourth-order valence-corrected chi connectivity index (χ4v) is 4.12. The fraction of sp³-hybridized carbons (Fsp3) is 0.174. The molecule has 31 heavy (non-hydrogen) atoms. The zero-order chi connectivity index (χ0) is 22.1. The van der Waals surface area contributed by atoms with E-state index >= 15 is 0 Å². The van der Waals surface area contributed by atoms with Gasteiger partial charge >= 0.3 is 0 Å². The Morgan fingerprint density at radius 2 is 1.71 bits per heavy atom. The number of rotatable bonds is 5. The first-order valence-corrected chi connectivity index (χ1v) is 10.5. The number of amides is 1. The Kier molecular flexibility index (Phi) is 5.48. The number of carbonyl (C=O) groups excluding carboxylic acids is 2. The van der Waals surface area contributed by atoms with Gasteiger partial charge in [0.25, 0.3) is 5.56 Å². The Balaban J connectivity index is 1.67. The molecule has 2 aromatic carbocycles. The second kappa shape index (κ2) is 8.23. The summed E-state index contributed by atoms with van der Waals surface area (Å²) < 4.78 is 1.86. The standard InChI is InChI=1S/C23H20N4O3S/c1-13-4-6-17(7-5-13)20-22-21(24-15(3)31-22)23(30)27(26-20)12-19(29)25-18-10-8-16(9-11-18)14(2)28/h4-11H,12H2,1-3H3,(H,25,29). The number of hydrogen-bond donors (Lipinski definition) is 1. The molecule has 0 aliphatic carbocycles. The summed E-state index contributed by atoms with van der Waals surface area (Å²) in [4.78, 5) is 41.3. The van der Waals surface area contributed by atoms with Gasteiger partial charge in [0.1, 0.15) is 12.2 Å². The van der Waals surface area contributed by atoms with E-state index < -0.39 is 11.5 Å². The first-order valence-electron chi connectivity index (χ1n) is 9.68. The SMILES string of the molecule is CC(=O)c1ccc(NC(=O)Cn2nc(-c3ccc(C)cc3)c3sc(C)nc3c2=O)cc1. The average molecular weight is 433 g/mol. The quantitative estimate of drug-likeness (QED) is 0.482. The second-order valence-electron chi connectivity index (χ2n) is 7.27. The van der Waals surface area contributed by atoms with Gasteiger partial charge in [0.2, 0.25) is 5.91 Å². The van der Waals surface area contributed by atoms with E-state index in [9.17, 15) is 14.4 Å². The Morgan fingerprint density at radius 1 is 1.03 bits per heavy atom. The highest BCUT2D eigenvalue weighted by molar-refractivity contribution is 7.19. The fourth-order valence-electron chi connectivity index (χ4n) is 3.20. The van der Waals surface area contributed by atoms with Crippen molar-refractivity contribution in [3.05, 3.63) is 75.0 Å². The van der Waals surface area contributed by atoms with Crippen LogP contribution >= 0.6 is 11.3 Å². The maximum Gasteiger partial charge on any atom is 0.294 e.